The number of carbonyl (C=O) groups is 2. The van der Waals surface area contributed by atoms with Gasteiger partial charge in [-0.05, 0) is 38.1 Å². The van der Waals surface area contributed by atoms with E-state index in [1.54, 1.807) is 13.2 Å². The topological polar surface area (TPSA) is 93.5 Å². The van der Waals surface area contributed by atoms with Crippen molar-refractivity contribution in [2.45, 2.75) is 31.2 Å². The second kappa shape index (κ2) is 7.41. The van der Waals surface area contributed by atoms with Crippen molar-refractivity contribution in [3.8, 4) is 17.1 Å². The third kappa shape index (κ3) is 4.01. The van der Waals surface area contributed by atoms with Gasteiger partial charge in [-0.3, -0.25) is 9.59 Å². The summed E-state index contributed by atoms with van der Waals surface area (Å²) in [5, 5.41) is 9.52. The number of hydrogen-bond acceptors (Lipinski definition) is 6. The molecule has 1 unspecified atom stereocenters. The van der Waals surface area contributed by atoms with E-state index < -0.39 is 10.8 Å². The zero-order chi connectivity index (χ0) is 18.7. The molecule has 3 rings (SSSR count). The third-order valence-corrected chi connectivity index (χ3v) is 5.56. The number of benzene rings is 1. The quantitative estimate of drug-likeness (QED) is 0.830. The molecule has 1 saturated heterocycles. The van der Waals surface area contributed by atoms with Crippen molar-refractivity contribution in [3.05, 3.63) is 36.0 Å². The minimum absolute atomic E-state index is 0.128. The lowest BCUT2D eigenvalue weighted by atomic mass is 10.1. The largest absolute Gasteiger partial charge is 0.497 e. The molecule has 0 aliphatic carbocycles. The lowest BCUT2D eigenvalue weighted by molar-refractivity contribution is -0.129. The summed E-state index contributed by atoms with van der Waals surface area (Å²) in [5.41, 5.74) is 1.48. The molecule has 138 valence electrons. The van der Waals surface area contributed by atoms with Gasteiger partial charge in [0.15, 0.2) is 5.76 Å². The standard InChI is InChI=1S/C18H21N3O4S/c1-18(2)17(23)20-14(10-26-18)16(22)19-9-12-8-15(25-21-12)11-4-6-13(24-3)7-5-11/h4-8,14H,9-10H2,1-3H3,(H,19,22)(H,20,23). The van der Waals surface area contributed by atoms with Crippen LogP contribution < -0.4 is 15.4 Å². The Kier molecular flexibility index (Phi) is 5.22. The Hall–Kier alpha value is -2.48. The number of methoxy groups -OCH3 is 1. The SMILES string of the molecule is COc1ccc(-c2cc(CNC(=O)C3CSC(C)(C)C(=O)N3)no2)cc1. The van der Waals surface area contributed by atoms with E-state index in [4.69, 9.17) is 9.26 Å². The van der Waals surface area contributed by atoms with Crippen molar-refractivity contribution < 1.29 is 18.8 Å². The van der Waals surface area contributed by atoms with Gasteiger partial charge in [-0.1, -0.05) is 5.16 Å². The first-order chi connectivity index (χ1) is 12.4. The number of hydrogen-bond donors (Lipinski definition) is 2. The van der Waals surface area contributed by atoms with E-state index in [-0.39, 0.29) is 18.4 Å². The Labute approximate surface area is 155 Å². The zero-order valence-corrected chi connectivity index (χ0v) is 15.7. The molecule has 8 heteroatoms. The molecule has 1 fully saturated rings. The molecule has 1 aliphatic heterocycles. The van der Waals surface area contributed by atoms with E-state index >= 15 is 0 Å². The Balaban J connectivity index is 1.56. The van der Waals surface area contributed by atoms with Crippen molar-refractivity contribution in [1.29, 1.82) is 0 Å². The van der Waals surface area contributed by atoms with E-state index in [0.29, 0.717) is 17.2 Å². The molecule has 2 N–H and O–H groups in total. The lowest BCUT2D eigenvalue weighted by Gasteiger charge is -2.32. The monoisotopic (exact) mass is 375 g/mol. The van der Waals surface area contributed by atoms with Crippen LogP contribution >= 0.6 is 11.8 Å². The predicted molar refractivity (Wildman–Crippen MR) is 98.8 cm³/mol. The van der Waals surface area contributed by atoms with Crippen LogP contribution in [0.1, 0.15) is 19.5 Å². The first kappa shape index (κ1) is 18.3. The van der Waals surface area contributed by atoms with Gasteiger partial charge in [-0.25, -0.2) is 0 Å². The number of amides is 2. The number of rotatable bonds is 5. The lowest BCUT2D eigenvalue weighted by Crippen LogP contribution is -2.57. The summed E-state index contributed by atoms with van der Waals surface area (Å²) in [4.78, 5) is 24.2. The summed E-state index contributed by atoms with van der Waals surface area (Å²) in [7, 11) is 1.61. The van der Waals surface area contributed by atoms with Crippen LogP contribution in [0.4, 0.5) is 0 Å². The Morgan fingerprint density at radius 2 is 2.15 bits per heavy atom. The molecule has 0 radical (unpaired) electrons. The summed E-state index contributed by atoms with van der Waals surface area (Å²) in [6.45, 7) is 3.92. The Morgan fingerprint density at radius 3 is 2.81 bits per heavy atom. The van der Waals surface area contributed by atoms with Crippen LogP contribution in [-0.4, -0.2) is 40.6 Å². The van der Waals surface area contributed by atoms with Gasteiger partial charge in [-0.15, -0.1) is 11.8 Å². The molecular formula is C18H21N3O4S. The second-order valence-corrected chi connectivity index (χ2v) is 8.12. The van der Waals surface area contributed by atoms with Crippen molar-refractivity contribution >= 4 is 23.6 Å². The maximum absolute atomic E-state index is 12.3. The first-order valence-electron chi connectivity index (χ1n) is 8.22. The van der Waals surface area contributed by atoms with Gasteiger partial charge in [0.05, 0.1) is 18.4 Å². The highest BCUT2D eigenvalue weighted by molar-refractivity contribution is 8.01. The Bertz CT molecular complexity index is 801. The van der Waals surface area contributed by atoms with Gasteiger partial charge in [0, 0.05) is 17.4 Å². The summed E-state index contributed by atoms with van der Waals surface area (Å²) in [5.74, 6) is 1.56. The van der Waals surface area contributed by atoms with Gasteiger partial charge in [0.2, 0.25) is 11.8 Å². The fraction of sp³-hybridized carbons (Fsp3) is 0.389. The molecule has 1 aromatic heterocycles. The molecule has 2 aromatic rings. The van der Waals surface area contributed by atoms with Crippen LogP contribution in [0.25, 0.3) is 11.3 Å². The Morgan fingerprint density at radius 1 is 1.42 bits per heavy atom. The summed E-state index contributed by atoms with van der Waals surface area (Å²) >= 11 is 1.47. The molecule has 0 spiro atoms. The summed E-state index contributed by atoms with van der Waals surface area (Å²) in [6.07, 6.45) is 0. The number of nitrogens with one attached hydrogen (secondary N) is 2. The summed E-state index contributed by atoms with van der Waals surface area (Å²) in [6, 6.07) is 8.66. The fourth-order valence-corrected chi connectivity index (χ4v) is 3.47. The van der Waals surface area contributed by atoms with Gasteiger partial charge in [0.1, 0.15) is 17.5 Å². The molecule has 2 heterocycles. The van der Waals surface area contributed by atoms with E-state index in [2.05, 4.69) is 15.8 Å². The number of nitrogens with zero attached hydrogens (tertiary/aromatic N) is 1. The molecule has 0 saturated carbocycles. The normalized spacial score (nSPS) is 18.9. The van der Waals surface area contributed by atoms with Crippen molar-refractivity contribution in [3.63, 3.8) is 0 Å². The van der Waals surface area contributed by atoms with Crippen LogP contribution in [0.3, 0.4) is 0 Å². The summed E-state index contributed by atoms with van der Waals surface area (Å²) < 4.78 is 9.95. The third-order valence-electron chi connectivity index (χ3n) is 4.16. The molecule has 26 heavy (non-hydrogen) atoms. The zero-order valence-electron chi connectivity index (χ0n) is 14.9. The highest BCUT2D eigenvalue weighted by atomic mass is 32.2. The number of carbonyl (C=O) groups excluding carboxylic acids is 2. The highest BCUT2D eigenvalue weighted by Gasteiger charge is 2.37. The average molecular weight is 375 g/mol. The van der Waals surface area contributed by atoms with E-state index in [1.807, 2.05) is 38.1 Å². The van der Waals surface area contributed by atoms with Crippen molar-refractivity contribution in [2.24, 2.45) is 0 Å². The molecular weight excluding hydrogens is 354 g/mol. The van der Waals surface area contributed by atoms with Crippen LogP contribution in [-0.2, 0) is 16.1 Å². The maximum atomic E-state index is 12.3. The van der Waals surface area contributed by atoms with Crippen LogP contribution in [0.2, 0.25) is 0 Å². The van der Waals surface area contributed by atoms with Gasteiger partial charge >= 0.3 is 0 Å². The second-order valence-electron chi connectivity index (χ2n) is 6.48. The molecule has 1 aliphatic rings. The van der Waals surface area contributed by atoms with E-state index in [1.165, 1.54) is 11.8 Å². The van der Waals surface area contributed by atoms with Crippen LogP contribution in [0, 0.1) is 0 Å². The molecule has 7 nitrogen and oxygen atoms in total. The highest BCUT2D eigenvalue weighted by Crippen LogP contribution is 2.29. The molecule has 1 atom stereocenters. The van der Waals surface area contributed by atoms with Gasteiger partial charge in [-0.2, -0.15) is 0 Å². The van der Waals surface area contributed by atoms with E-state index in [9.17, 15) is 9.59 Å². The molecule has 0 bridgehead atoms. The number of aromatic nitrogens is 1. The van der Waals surface area contributed by atoms with Crippen molar-refractivity contribution in [2.75, 3.05) is 12.9 Å². The maximum Gasteiger partial charge on any atom is 0.243 e. The van der Waals surface area contributed by atoms with Crippen molar-refractivity contribution in [1.82, 2.24) is 15.8 Å². The molecule has 1 aromatic carbocycles. The van der Waals surface area contributed by atoms with E-state index in [0.717, 1.165) is 11.3 Å². The van der Waals surface area contributed by atoms with Gasteiger partial charge in [0.25, 0.3) is 0 Å². The fourth-order valence-electron chi connectivity index (χ4n) is 2.46. The molecule has 2 amide bonds. The first-order valence-corrected chi connectivity index (χ1v) is 9.20. The average Bonchev–Trinajstić information content (AvgIpc) is 3.11. The minimum Gasteiger partial charge on any atom is -0.497 e. The predicted octanol–water partition coefficient (Wildman–Crippen LogP) is 1.98. The minimum atomic E-state index is -0.534. The number of ether oxygens (including phenoxy) is 1. The number of thioether (sulfide) groups is 1. The van der Waals surface area contributed by atoms with Crippen LogP contribution in [0.15, 0.2) is 34.9 Å². The van der Waals surface area contributed by atoms with Gasteiger partial charge < -0.3 is 19.9 Å². The van der Waals surface area contributed by atoms with Crippen LogP contribution in [0.5, 0.6) is 5.75 Å². The smallest absolute Gasteiger partial charge is 0.243 e.